The van der Waals surface area contributed by atoms with E-state index in [1.165, 1.54) is 76.2 Å². The number of nitrogens with two attached hydrogens (primary N) is 1. The van der Waals surface area contributed by atoms with Crippen molar-refractivity contribution in [2.75, 3.05) is 5.73 Å². The Morgan fingerprint density at radius 2 is 1.35 bits per heavy atom. The van der Waals surface area contributed by atoms with Crippen molar-refractivity contribution in [3.05, 3.63) is 29.8 Å². The van der Waals surface area contributed by atoms with E-state index in [2.05, 4.69) is 24.4 Å². The lowest BCUT2D eigenvalue weighted by Gasteiger charge is -2.24. The molecule has 0 heterocycles. The number of hydrogen-bond donors (Lipinski definition) is 2. The number of benzene rings is 1. The molecule has 1 aliphatic carbocycles. The molecule has 1 aromatic rings. The van der Waals surface area contributed by atoms with Crippen molar-refractivity contribution < 1.29 is 0 Å². The van der Waals surface area contributed by atoms with E-state index in [0.717, 1.165) is 12.1 Å². The number of hydrogen-bond acceptors (Lipinski definition) is 2. The Morgan fingerprint density at radius 1 is 0.870 bits per heavy atom. The third-order valence-electron chi connectivity index (χ3n) is 5.15. The summed E-state index contributed by atoms with van der Waals surface area (Å²) in [5.74, 6) is 0. The number of rotatable bonds is 4. The third kappa shape index (κ3) is 7.87. The molecule has 0 radical (unpaired) electrons. The average molecular weight is 317 g/mol. The highest BCUT2D eigenvalue weighted by Crippen LogP contribution is 2.18. The second kappa shape index (κ2) is 10.7. The van der Waals surface area contributed by atoms with Crippen LogP contribution in [0.25, 0.3) is 0 Å². The number of nitrogen functional groups attached to an aromatic ring is 1. The zero-order chi connectivity index (χ0) is 16.3. The monoisotopic (exact) mass is 316 g/mol. The molecule has 1 saturated carbocycles. The first-order chi connectivity index (χ1) is 11.2. The smallest absolute Gasteiger partial charge is 0.0314 e. The predicted octanol–water partition coefficient (Wildman–Crippen LogP) is 5.46. The Bertz CT molecular complexity index is 400. The molecule has 3 N–H and O–H groups in total. The topological polar surface area (TPSA) is 38.0 Å². The molecule has 0 amide bonds. The van der Waals surface area contributed by atoms with Gasteiger partial charge in [0.1, 0.15) is 0 Å². The molecule has 2 heteroatoms. The van der Waals surface area contributed by atoms with E-state index in [0.29, 0.717) is 12.1 Å². The van der Waals surface area contributed by atoms with Crippen molar-refractivity contribution in [3.8, 4) is 0 Å². The first kappa shape index (κ1) is 18.3. The van der Waals surface area contributed by atoms with Gasteiger partial charge in [0, 0.05) is 17.8 Å². The zero-order valence-corrected chi connectivity index (χ0v) is 15.0. The Hall–Kier alpha value is -1.02. The predicted molar refractivity (Wildman–Crippen MR) is 102 cm³/mol. The molecule has 0 bridgehead atoms. The lowest BCUT2D eigenvalue weighted by Crippen LogP contribution is -2.37. The van der Waals surface area contributed by atoms with Crippen molar-refractivity contribution in [3.63, 3.8) is 0 Å². The van der Waals surface area contributed by atoms with E-state index < -0.39 is 0 Å². The second-order valence-electron chi connectivity index (χ2n) is 7.47. The molecule has 0 aromatic heterocycles. The molecule has 0 spiro atoms. The molecule has 1 unspecified atom stereocenters. The van der Waals surface area contributed by atoms with Crippen molar-refractivity contribution in [1.29, 1.82) is 0 Å². The Balaban J connectivity index is 1.77. The van der Waals surface area contributed by atoms with E-state index in [-0.39, 0.29) is 0 Å². The standard InChI is InChI=1S/C21H36N2/c1-18(17-19-13-15-20(22)16-14-19)23-21-11-9-7-5-3-2-4-6-8-10-12-21/h13-16,18,21,23H,2-12,17,22H2,1H3. The Morgan fingerprint density at radius 3 is 1.87 bits per heavy atom. The van der Waals surface area contributed by atoms with E-state index in [1.54, 1.807) is 0 Å². The minimum Gasteiger partial charge on any atom is -0.399 e. The quantitative estimate of drug-likeness (QED) is 0.724. The molecular formula is C21H36N2. The van der Waals surface area contributed by atoms with Crippen LogP contribution in [0.4, 0.5) is 5.69 Å². The van der Waals surface area contributed by atoms with Crippen LogP contribution < -0.4 is 11.1 Å². The largest absolute Gasteiger partial charge is 0.399 e. The first-order valence-electron chi connectivity index (χ1n) is 9.84. The summed E-state index contributed by atoms with van der Waals surface area (Å²) in [5, 5.41) is 3.90. The maximum absolute atomic E-state index is 5.77. The van der Waals surface area contributed by atoms with Crippen LogP contribution in [0.3, 0.4) is 0 Å². The van der Waals surface area contributed by atoms with Gasteiger partial charge in [0.05, 0.1) is 0 Å². The SMILES string of the molecule is CC(Cc1ccc(N)cc1)NC1CCCCCCCCCCC1. The molecular weight excluding hydrogens is 280 g/mol. The van der Waals surface area contributed by atoms with Crippen LogP contribution in [0.5, 0.6) is 0 Å². The van der Waals surface area contributed by atoms with Crippen molar-refractivity contribution in [2.45, 2.75) is 96.1 Å². The molecule has 2 rings (SSSR count). The molecule has 2 nitrogen and oxygen atoms in total. The summed E-state index contributed by atoms with van der Waals surface area (Å²) < 4.78 is 0. The van der Waals surface area contributed by atoms with Crippen LogP contribution in [-0.4, -0.2) is 12.1 Å². The molecule has 0 aliphatic heterocycles. The molecule has 1 aromatic carbocycles. The van der Waals surface area contributed by atoms with Crippen LogP contribution in [0.15, 0.2) is 24.3 Å². The Kier molecular flexibility index (Phi) is 8.52. The van der Waals surface area contributed by atoms with Crippen LogP contribution in [-0.2, 0) is 6.42 Å². The van der Waals surface area contributed by atoms with E-state index in [4.69, 9.17) is 5.73 Å². The van der Waals surface area contributed by atoms with E-state index >= 15 is 0 Å². The van der Waals surface area contributed by atoms with Gasteiger partial charge < -0.3 is 11.1 Å². The van der Waals surface area contributed by atoms with Gasteiger partial charge >= 0.3 is 0 Å². The number of nitrogens with one attached hydrogen (secondary N) is 1. The van der Waals surface area contributed by atoms with Crippen LogP contribution in [0.1, 0.15) is 83.1 Å². The highest BCUT2D eigenvalue weighted by Gasteiger charge is 2.13. The van der Waals surface area contributed by atoms with Gasteiger partial charge in [-0.05, 0) is 43.9 Å². The summed E-state index contributed by atoms with van der Waals surface area (Å²) in [6.07, 6.45) is 16.7. The highest BCUT2D eigenvalue weighted by molar-refractivity contribution is 5.39. The normalized spacial score (nSPS) is 20.4. The van der Waals surface area contributed by atoms with E-state index in [1.807, 2.05) is 12.1 Å². The van der Waals surface area contributed by atoms with Gasteiger partial charge in [0.2, 0.25) is 0 Å². The van der Waals surface area contributed by atoms with Crippen molar-refractivity contribution >= 4 is 5.69 Å². The van der Waals surface area contributed by atoms with Gasteiger partial charge in [0.15, 0.2) is 0 Å². The second-order valence-corrected chi connectivity index (χ2v) is 7.47. The molecule has 0 saturated heterocycles. The average Bonchev–Trinajstić information content (AvgIpc) is 2.52. The molecule has 23 heavy (non-hydrogen) atoms. The third-order valence-corrected chi connectivity index (χ3v) is 5.15. The van der Waals surface area contributed by atoms with Gasteiger partial charge in [-0.3, -0.25) is 0 Å². The molecule has 1 fully saturated rings. The van der Waals surface area contributed by atoms with Gasteiger partial charge in [-0.25, -0.2) is 0 Å². The van der Waals surface area contributed by atoms with Gasteiger partial charge in [0.25, 0.3) is 0 Å². The van der Waals surface area contributed by atoms with E-state index in [9.17, 15) is 0 Å². The summed E-state index contributed by atoms with van der Waals surface area (Å²) in [6.45, 7) is 2.33. The summed E-state index contributed by atoms with van der Waals surface area (Å²) in [6, 6.07) is 9.59. The fourth-order valence-corrected chi connectivity index (χ4v) is 3.80. The fraction of sp³-hybridized carbons (Fsp3) is 0.714. The van der Waals surface area contributed by atoms with Gasteiger partial charge in [-0.15, -0.1) is 0 Å². The summed E-state index contributed by atoms with van der Waals surface area (Å²) in [5.41, 5.74) is 8.01. The highest BCUT2D eigenvalue weighted by atomic mass is 14.9. The summed E-state index contributed by atoms with van der Waals surface area (Å²) in [7, 11) is 0. The maximum Gasteiger partial charge on any atom is 0.0314 e. The summed E-state index contributed by atoms with van der Waals surface area (Å²) >= 11 is 0. The van der Waals surface area contributed by atoms with Crippen molar-refractivity contribution in [2.24, 2.45) is 0 Å². The molecule has 1 aliphatic rings. The first-order valence-corrected chi connectivity index (χ1v) is 9.84. The Labute approximate surface area is 143 Å². The molecule has 1 atom stereocenters. The van der Waals surface area contributed by atoms with Crippen LogP contribution in [0.2, 0.25) is 0 Å². The zero-order valence-electron chi connectivity index (χ0n) is 15.0. The van der Waals surface area contributed by atoms with Crippen LogP contribution >= 0.6 is 0 Å². The minimum absolute atomic E-state index is 0.538. The summed E-state index contributed by atoms with van der Waals surface area (Å²) in [4.78, 5) is 0. The van der Waals surface area contributed by atoms with Gasteiger partial charge in [-0.1, -0.05) is 69.9 Å². The van der Waals surface area contributed by atoms with Crippen molar-refractivity contribution in [1.82, 2.24) is 5.32 Å². The lowest BCUT2D eigenvalue weighted by molar-refractivity contribution is 0.370. The fourth-order valence-electron chi connectivity index (χ4n) is 3.80. The number of anilines is 1. The van der Waals surface area contributed by atoms with Gasteiger partial charge in [-0.2, -0.15) is 0 Å². The van der Waals surface area contributed by atoms with Crippen LogP contribution in [0, 0.1) is 0 Å². The minimum atomic E-state index is 0.538. The molecule has 130 valence electrons. The lowest BCUT2D eigenvalue weighted by atomic mass is 9.97. The maximum atomic E-state index is 5.77.